The first kappa shape index (κ1) is 49.6. The second-order valence-electron chi connectivity index (χ2n) is 5.61. The lowest BCUT2D eigenvalue weighted by molar-refractivity contribution is -0.161. The zero-order valence-electron chi connectivity index (χ0n) is 16.9. The van der Waals surface area contributed by atoms with E-state index in [0.717, 1.165) is 18.2 Å². The number of rotatable bonds is 18. The summed E-state index contributed by atoms with van der Waals surface area (Å²) in [5.74, 6) is -1.61. The zero-order valence-corrected chi connectivity index (χ0v) is 16.9. The zero-order chi connectivity index (χ0) is 22.0. The van der Waals surface area contributed by atoms with Crippen molar-refractivity contribution in [2.45, 2.75) is 63.5 Å². The number of carbonyl (C=O) groups excluding carboxylic acids is 3. The van der Waals surface area contributed by atoms with Gasteiger partial charge in [-0.05, 0) is 6.42 Å². The fourth-order valence-electron chi connectivity index (χ4n) is 1.93. The summed E-state index contributed by atoms with van der Waals surface area (Å²) in [6, 6.07) is 0. The van der Waals surface area contributed by atoms with Crippen LogP contribution < -0.4 is 0 Å². The number of hydrogen-bond donors (Lipinski definition) is 0. The molecule has 0 aliphatic rings. The fourth-order valence-corrected chi connectivity index (χ4v) is 1.93. The van der Waals surface area contributed by atoms with E-state index in [1.165, 1.54) is 0 Å². The van der Waals surface area contributed by atoms with Crippen LogP contribution in [0.15, 0.2) is 38.0 Å². The van der Waals surface area contributed by atoms with Crippen LogP contribution in [0.3, 0.4) is 0 Å². The summed E-state index contributed by atoms with van der Waals surface area (Å²) in [5, 5.41) is 0. The van der Waals surface area contributed by atoms with Gasteiger partial charge in [-0.1, -0.05) is 71.2 Å². The van der Waals surface area contributed by atoms with Gasteiger partial charge in [0.05, 0.1) is 33.0 Å². The van der Waals surface area contributed by atoms with E-state index in [0.29, 0.717) is 6.42 Å². The maximum absolute atomic E-state index is 11.1. The highest BCUT2D eigenvalue weighted by Crippen LogP contribution is 2.18. The summed E-state index contributed by atoms with van der Waals surface area (Å²) in [6.07, 6.45) is 3.73. The molecule has 0 fully saturated rings. The van der Waals surface area contributed by atoms with E-state index in [-0.39, 0.29) is 97.4 Å². The number of esters is 3. The lowest BCUT2D eigenvalue weighted by atomic mass is 10.0. The Morgan fingerprint density at radius 1 is 0.600 bits per heavy atom. The van der Waals surface area contributed by atoms with Crippen molar-refractivity contribution < 1.29 is 42.8 Å². The smallest absolute Gasteiger partial charge is 0.330 e. The molecule has 0 unspecified atom stereocenters. The molecule has 0 N–H and O–H groups in total. The Bertz CT molecular complexity index is 515. The van der Waals surface area contributed by atoms with E-state index >= 15 is 0 Å². The summed E-state index contributed by atoms with van der Waals surface area (Å²) in [5.41, 5.74) is -0.828. The Labute approximate surface area is 215 Å². The number of carbonyl (C=O) groups is 3. The molecule has 0 bridgehead atoms. The Kier molecular flexibility index (Phi) is 44.7. The summed E-state index contributed by atoms with van der Waals surface area (Å²) >= 11 is 0. The van der Waals surface area contributed by atoms with Gasteiger partial charge in [-0.2, -0.15) is 0 Å². The summed E-state index contributed by atoms with van der Waals surface area (Å²) in [7, 11) is 0. The molecule has 0 aromatic heterocycles. The molecule has 9 nitrogen and oxygen atoms in total. The van der Waals surface area contributed by atoms with E-state index in [1.807, 2.05) is 6.92 Å². The molecule has 0 atom stereocenters. The van der Waals surface area contributed by atoms with Crippen LogP contribution >= 0.6 is 0 Å². The van der Waals surface area contributed by atoms with Crippen LogP contribution in [0.2, 0.25) is 0 Å². The van der Waals surface area contributed by atoms with Crippen LogP contribution in [0.5, 0.6) is 0 Å². The van der Waals surface area contributed by atoms with Crippen LogP contribution in [0, 0.1) is 0 Å². The van der Waals surface area contributed by atoms with Gasteiger partial charge in [0, 0.05) is 18.2 Å². The maximum atomic E-state index is 11.1. The second-order valence-corrected chi connectivity index (χ2v) is 5.61. The van der Waals surface area contributed by atoms with Gasteiger partial charge in [-0.25, -0.2) is 14.4 Å². The first-order chi connectivity index (χ1) is 13.9. The lowest BCUT2D eigenvalue weighted by Crippen LogP contribution is -2.43. The van der Waals surface area contributed by atoms with Crippen molar-refractivity contribution in [1.29, 1.82) is 0 Å². The quantitative estimate of drug-likeness (QED) is 0.107. The highest BCUT2D eigenvalue weighted by molar-refractivity contribution is 5.81. The minimum absolute atomic E-state index is 0. The lowest BCUT2D eigenvalue weighted by Gasteiger charge is -2.32. The first-order valence-corrected chi connectivity index (χ1v) is 9.10. The van der Waals surface area contributed by atoms with E-state index in [4.69, 9.17) is 28.4 Å². The predicted octanol–water partition coefficient (Wildman–Crippen LogP) is 5.19. The molecular weight excluding hydrogens is 456 g/mol. The van der Waals surface area contributed by atoms with Gasteiger partial charge in [0.25, 0.3) is 0 Å². The third-order valence-corrected chi connectivity index (χ3v) is 3.55. The minimum atomic E-state index is -0.828. The molecule has 0 aromatic rings. The molecule has 0 aromatic carbocycles. The van der Waals surface area contributed by atoms with Gasteiger partial charge in [-0.3, -0.25) is 0 Å². The molecule has 35 heavy (non-hydrogen) atoms. The molecule has 0 amide bonds. The maximum Gasteiger partial charge on any atom is 0.330 e. The second kappa shape index (κ2) is 31.5. The van der Waals surface area contributed by atoms with Gasteiger partial charge in [0.1, 0.15) is 25.4 Å². The minimum Gasteiger partial charge on any atom is -0.460 e. The summed E-state index contributed by atoms with van der Waals surface area (Å²) < 4.78 is 31.6. The van der Waals surface area contributed by atoms with Crippen LogP contribution in [-0.4, -0.2) is 76.4 Å². The average Bonchev–Trinajstić information content (AvgIpc) is 2.74. The highest BCUT2D eigenvalue weighted by atomic mass is 16.6. The molecule has 0 heterocycles. The standard InChI is InChI=1S/C20H30O9.6CH4/c1-5-17(21)26-11-9-24-15-20(8-4,29-14-13-28-19(23)7-3)16-25-10-12-27-18(22)6-2;;;;;;/h5-7H,1-3,8-16H2,4H3;6*1H4. The number of hydrogen-bond acceptors (Lipinski definition) is 9. The monoisotopic (exact) mass is 510 g/mol. The van der Waals surface area contributed by atoms with E-state index in [2.05, 4.69) is 19.7 Å². The predicted molar refractivity (Wildman–Crippen MR) is 144 cm³/mol. The van der Waals surface area contributed by atoms with Crippen LogP contribution in [0.1, 0.15) is 57.9 Å². The van der Waals surface area contributed by atoms with Gasteiger partial charge in [0.15, 0.2) is 0 Å². The molecular formula is C26H54O9. The van der Waals surface area contributed by atoms with Crippen molar-refractivity contribution in [3.05, 3.63) is 38.0 Å². The molecule has 0 rings (SSSR count). The van der Waals surface area contributed by atoms with Crippen molar-refractivity contribution >= 4 is 17.9 Å². The average molecular weight is 511 g/mol. The Morgan fingerprint density at radius 2 is 0.914 bits per heavy atom. The van der Waals surface area contributed by atoms with Crippen molar-refractivity contribution in [2.75, 3.05) is 52.9 Å². The normalized spacial score (nSPS) is 8.83. The Balaban J connectivity index is -0.000000261. The van der Waals surface area contributed by atoms with Gasteiger partial charge < -0.3 is 28.4 Å². The Hall–Kier alpha value is -2.49. The molecule has 0 saturated carbocycles. The van der Waals surface area contributed by atoms with Gasteiger partial charge >= 0.3 is 17.9 Å². The summed E-state index contributed by atoms with van der Waals surface area (Å²) in [4.78, 5) is 33.2. The van der Waals surface area contributed by atoms with Crippen molar-refractivity contribution in [3.8, 4) is 0 Å². The molecule has 0 saturated heterocycles. The number of ether oxygens (including phenoxy) is 6. The van der Waals surface area contributed by atoms with Crippen molar-refractivity contribution in [1.82, 2.24) is 0 Å². The van der Waals surface area contributed by atoms with Gasteiger partial charge in [0.2, 0.25) is 0 Å². The summed E-state index contributed by atoms with van der Waals surface area (Å²) in [6.45, 7) is 12.7. The van der Waals surface area contributed by atoms with E-state index in [1.54, 1.807) is 0 Å². The molecule has 0 aliphatic carbocycles. The SMILES string of the molecule is C.C.C.C.C.C.C=CC(=O)OCCOCC(CC)(COCCOC(=O)C=C)OCCOC(=O)C=C. The van der Waals surface area contributed by atoms with Crippen molar-refractivity contribution in [3.63, 3.8) is 0 Å². The largest absolute Gasteiger partial charge is 0.460 e. The third kappa shape index (κ3) is 26.0. The van der Waals surface area contributed by atoms with Crippen LogP contribution in [-0.2, 0) is 42.8 Å². The van der Waals surface area contributed by atoms with Crippen LogP contribution in [0.4, 0.5) is 0 Å². The van der Waals surface area contributed by atoms with E-state index < -0.39 is 23.5 Å². The van der Waals surface area contributed by atoms with Crippen molar-refractivity contribution in [2.24, 2.45) is 0 Å². The molecule has 9 heteroatoms. The Morgan fingerprint density at radius 3 is 1.20 bits per heavy atom. The topological polar surface area (TPSA) is 107 Å². The van der Waals surface area contributed by atoms with Gasteiger partial charge in [-0.15, -0.1) is 0 Å². The molecule has 0 radical (unpaired) electrons. The fraction of sp³-hybridized carbons (Fsp3) is 0.654. The third-order valence-electron chi connectivity index (χ3n) is 3.55. The van der Waals surface area contributed by atoms with Crippen LogP contribution in [0.25, 0.3) is 0 Å². The van der Waals surface area contributed by atoms with E-state index in [9.17, 15) is 14.4 Å². The highest BCUT2D eigenvalue weighted by Gasteiger charge is 2.30. The molecule has 0 aliphatic heterocycles. The first-order valence-electron chi connectivity index (χ1n) is 9.10. The molecule has 0 spiro atoms. The molecule has 212 valence electrons.